The molecule has 1 rings (SSSR count). The van der Waals surface area contributed by atoms with Gasteiger partial charge in [-0.3, -0.25) is 19.2 Å². The summed E-state index contributed by atoms with van der Waals surface area (Å²) in [6, 6.07) is 6.97. The van der Waals surface area contributed by atoms with E-state index < -0.39 is 0 Å². The first-order valence-corrected chi connectivity index (χ1v) is 9.80. The molecule has 0 heterocycles. The van der Waals surface area contributed by atoms with Crippen molar-refractivity contribution in [2.75, 3.05) is 25.0 Å². The van der Waals surface area contributed by atoms with Gasteiger partial charge in [0.25, 0.3) is 0 Å². The smallest absolute Gasteiger partial charge is 0.243 e. The largest absolute Gasteiger partial charge is 0.392 e. The van der Waals surface area contributed by atoms with Gasteiger partial charge in [-0.2, -0.15) is 0 Å². The lowest BCUT2D eigenvalue weighted by atomic mass is 10.1. The number of benzene rings is 1. The Balaban J connectivity index is 2.30. The number of aliphatic hydroxyl groups excluding tert-OH is 1. The molecular formula is C22H29N3O5. The minimum atomic E-state index is -0.327. The molecule has 0 aliphatic carbocycles. The van der Waals surface area contributed by atoms with Crippen molar-refractivity contribution in [1.29, 1.82) is 0 Å². The Labute approximate surface area is 176 Å². The number of carbonyl (C=O) groups excluding carboxylic acids is 4. The van der Waals surface area contributed by atoms with Crippen molar-refractivity contribution in [1.82, 2.24) is 10.6 Å². The van der Waals surface area contributed by atoms with Gasteiger partial charge in [-0.25, -0.2) is 0 Å². The van der Waals surface area contributed by atoms with Crippen LogP contribution in [0.1, 0.15) is 38.2 Å². The highest BCUT2D eigenvalue weighted by atomic mass is 16.2. The predicted octanol–water partition coefficient (Wildman–Crippen LogP) is 1.57. The number of unbranched alkanes of at least 4 members (excludes halogenated alkanes) is 2. The Morgan fingerprint density at radius 3 is 2.37 bits per heavy atom. The van der Waals surface area contributed by atoms with Crippen LogP contribution in [0.2, 0.25) is 0 Å². The van der Waals surface area contributed by atoms with E-state index in [4.69, 9.17) is 5.11 Å². The minimum absolute atomic E-state index is 0.0629. The maximum atomic E-state index is 12.0. The highest BCUT2D eigenvalue weighted by Crippen LogP contribution is 2.11. The third-order valence-electron chi connectivity index (χ3n) is 4.03. The zero-order valence-electron chi connectivity index (χ0n) is 17.1. The summed E-state index contributed by atoms with van der Waals surface area (Å²) in [5.41, 5.74) is 1.79. The average Bonchev–Trinajstić information content (AvgIpc) is 2.73. The molecule has 0 aromatic heterocycles. The van der Waals surface area contributed by atoms with Crippen molar-refractivity contribution in [3.63, 3.8) is 0 Å². The fraction of sp³-hybridized carbons (Fsp3) is 0.364. The average molecular weight is 415 g/mol. The molecule has 8 nitrogen and oxygen atoms in total. The third-order valence-corrected chi connectivity index (χ3v) is 4.03. The first-order chi connectivity index (χ1) is 14.4. The van der Waals surface area contributed by atoms with E-state index in [1.165, 1.54) is 13.0 Å². The van der Waals surface area contributed by atoms with Crippen molar-refractivity contribution >= 4 is 35.8 Å². The molecule has 0 radical (unpaired) electrons. The molecule has 0 saturated heterocycles. The minimum Gasteiger partial charge on any atom is -0.392 e. The quantitative estimate of drug-likeness (QED) is 0.168. The van der Waals surface area contributed by atoms with Crippen LogP contribution in [-0.2, 0) is 19.2 Å². The molecule has 0 bridgehead atoms. The first kappa shape index (κ1) is 24.8. The summed E-state index contributed by atoms with van der Waals surface area (Å²) < 4.78 is 0. The van der Waals surface area contributed by atoms with Gasteiger partial charge in [-0.1, -0.05) is 30.7 Å². The lowest BCUT2D eigenvalue weighted by Gasteiger charge is -2.07. The molecule has 3 amide bonds. The van der Waals surface area contributed by atoms with Gasteiger partial charge in [0.1, 0.15) is 6.29 Å². The number of nitrogens with one attached hydrogen (secondary N) is 3. The van der Waals surface area contributed by atoms with E-state index in [1.54, 1.807) is 36.4 Å². The molecule has 4 N–H and O–H groups in total. The summed E-state index contributed by atoms with van der Waals surface area (Å²) in [7, 11) is 0. The van der Waals surface area contributed by atoms with Gasteiger partial charge in [0.2, 0.25) is 17.7 Å². The van der Waals surface area contributed by atoms with Crippen molar-refractivity contribution in [2.24, 2.45) is 0 Å². The molecular weight excluding hydrogens is 386 g/mol. The van der Waals surface area contributed by atoms with Crippen LogP contribution >= 0.6 is 0 Å². The maximum Gasteiger partial charge on any atom is 0.243 e. The van der Waals surface area contributed by atoms with Crippen molar-refractivity contribution < 1.29 is 24.3 Å². The topological polar surface area (TPSA) is 125 Å². The summed E-state index contributed by atoms with van der Waals surface area (Å²) in [4.78, 5) is 45.3. The van der Waals surface area contributed by atoms with Gasteiger partial charge >= 0.3 is 0 Å². The molecule has 0 spiro atoms. The van der Waals surface area contributed by atoms with Crippen LogP contribution in [0.5, 0.6) is 0 Å². The van der Waals surface area contributed by atoms with Crippen molar-refractivity contribution in [3.8, 4) is 0 Å². The summed E-state index contributed by atoms with van der Waals surface area (Å²) >= 11 is 0. The summed E-state index contributed by atoms with van der Waals surface area (Å²) in [6.45, 7) is 1.75. The summed E-state index contributed by atoms with van der Waals surface area (Å²) in [5, 5.41) is 16.8. The molecule has 0 fully saturated rings. The zero-order chi connectivity index (χ0) is 22.2. The number of carbonyl (C=O) groups is 4. The van der Waals surface area contributed by atoms with Crippen LogP contribution in [0.25, 0.3) is 6.08 Å². The number of rotatable bonds is 13. The van der Waals surface area contributed by atoms with Crippen LogP contribution in [-0.4, -0.2) is 48.8 Å². The van der Waals surface area contributed by atoms with E-state index >= 15 is 0 Å². The Bertz CT molecular complexity index is 769. The van der Waals surface area contributed by atoms with E-state index in [1.807, 2.05) is 0 Å². The van der Waals surface area contributed by atoms with E-state index in [9.17, 15) is 19.2 Å². The number of aldehydes is 1. The van der Waals surface area contributed by atoms with Crippen LogP contribution in [0.3, 0.4) is 0 Å². The highest BCUT2D eigenvalue weighted by molar-refractivity contribution is 5.94. The molecule has 0 aliphatic heterocycles. The molecule has 0 unspecified atom stereocenters. The fourth-order valence-corrected chi connectivity index (χ4v) is 2.46. The highest BCUT2D eigenvalue weighted by Gasteiger charge is 2.06. The molecule has 1 aromatic carbocycles. The molecule has 1 aromatic rings. The second-order valence-electron chi connectivity index (χ2n) is 6.58. The van der Waals surface area contributed by atoms with E-state index in [0.717, 1.165) is 18.4 Å². The summed E-state index contributed by atoms with van der Waals surface area (Å²) in [6.07, 6.45) is 8.03. The number of anilines is 1. The van der Waals surface area contributed by atoms with E-state index in [0.29, 0.717) is 36.9 Å². The Kier molecular flexibility index (Phi) is 12.1. The molecule has 8 heteroatoms. The number of hydrogen-bond donors (Lipinski definition) is 4. The first-order valence-electron chi connectivity index (χ1n) is 9.80. The van der Waals surface area contributed by atoms with Gasteiger partial charge < -0.3 is 21.1 Å². The molecule has 0 atom stereocenters. The van der Waals surface area contributed by atoms with E-state index in [-0.39, 0.29) is 30.9 Å². The number of hydrogen-bond acceptors (Lipinski definition) is 5. The molecule has 30 heavy (non-hydrogen) atoms. The van der Waals surface area contributed by atoms with Crippen LogP contribution in [0.4, 0.5) is 5.69 Å². The Morgan fingerprint density at radius 1 is 1.00 bits per heavy atom. The van der Waals surface area contributed by atoms with Crippen molar-refractivity contribution in [2.45, 2.75) is 32.6 Å². The van der Waals surface area contributed by atoms with Gasteiger partial charge in [0.15, 0.2) is 0 Å². The Morgan fingerprint density at radius 2 is 1.73 bits per heavy atom. The predicted molar refractivity (Wildman–Crippen MR) is 115 cm³/mol. The molecule has 0 saturated carbocycles. The standard InChI is InChI=1S/C22H29N3O5/c1-17(28)23-13-4-2-3-5-21(29)24-15-22(30)25-20-10-8-18(9-11-20)6-7-19(16-27)12-14-26/h6-12,16,26H,2-5,13-15H2,1H3,(H,23,28)(H,24,29)(H,25,30)/b7-6+,19-12+. The van der Waals surface area contributed by atoms with Crippen LogP contribution in [0.15, 0.2) is 42.0 Å². The van der Waals surface area contributed by atoms with Gasteiger partial charge in [-0.05, 0) is 36.6 Å². The van der Waals surface area contributed by atoms with Crippen molar-refractivity contribution in [3.05, 3.63) is 47.6 Å². The Hall–Kier alpha value is -3.26. The lowest BCUT2D eigenvalue weighted by molar-refractivity contribution is -0.124. The fourth-order valence-electron chi connectivity index (χ4n) is 2.46. The number of amides is 3. The third kappa shape index (κ3) is 11.6. The van der Waals surface area contributed by atoms with Gasteiger partial charge in [0.05, 0.1) is 13.2 Å². The molecule has 162 valence electrons. The number of allylic oxidation sites excluding steroid dienone is 2. The van der Waals surface area contributed by atoms with Crippen LogP contribution in [0, 0.1) is 0 Å². The molecule has 0 aliphatic rings. The number of aliphatic hydroxyl groups is 1. The second-order valence-corrected chi connectivity index (χ2v) is 6.58. The SMILES string of the molecule is CC(=O)NCCCCCC(=O)NCC(=O)Nc1ccc(/C=C/C(C=O)=C\CO)cc1. The second kappa shape index (κ2) is 14.7. The zero-order valence-corrected chi connectivity index (χ0v) is 17.1. The van der Waals surface area contributed by atoms with Gasteiger partial charge in [0, 0.05) is 31.1 Å². The van der Waals surface area contributed by atoms with E-state index in [2.05, 4.69) is 16.0 Å². The maximum absolute atomic E-state index is 12.0. The lowest BCUT2D eigenvalue weighted by Crippen LogP contribution is -2.32. The summed E-state index contributed by atoms with van der Waals surface area (Å²) in [5.74, 6) is -0.578. The normalized spacial score (nSPS) is 11.2. The monoisotopic (exact) mass is 415 g/mol. The van der Waals surface area contributed by atoms with Crippen LogP contribution < -0.4 is 16.0 Å². The van der Waals surface area contributed by atoms with Gasteiger partial charge in [-0.15, -0.1) is 0 Å².